The Labute approximate surface area is 164 Å². The van der Waals surface area contributed by atoms with Crippen molar-refractivity contribution >= 4 is 5.97 Å². The van der Waals surface area contributed by atoms with Gasteiger partial charge >= 0.3 is 5.97 Å². The fourth-order valence-corrected chi connectivity index (χ4v) is 3.38. The van der Waals surface area contributed by atoms with Crippen LogP contribution in [-0.4, -0.2) is 12.6 Å². The molecule has 0 radical (unpaired) electrons. The molecule has 0 spiro atoms. The molecule has 0 unspecified atom stereocenters. The molecule has 0 saturated carbocycles. The smallest absolute Gasteiger partial charge is 0.305 e. The first-order valence-corrected chi connectivity index (χ1v) is 11.8. The minimum absolute atomic E-state index is 0.0153. The van der Waals surface area contributed by atoms with Crippen molar-refractivity contribution in [1.29, 1.82) is 0 Å². The van der Waals surface area contributed by atoms with Crippen LogP contribution in [0.1, 0.15) is 136 Å². The SMILES string of the molecule is CCCCCCCCCCCCC(=O)OCCCCCCCCC(C)C. The highest BCUT2D eigenvalue weighted by Gasteiger charge is 2.02. The van der Waals surface area contributed by atoms with Gasteiger partial charge in [-0.1, -0.05) is 117 Å². The van der Waals surface area contributed by atoms with Crippen LogP contribution in [0.5, 0.6) is 0 Å². The first-order chi connectivity index (χ1) is 12.7. The van der Waals surface area contributed by atoms with E-state index in [1.165, 1.54) is 96.3 Å². The van der Waals surface area contributed by atoms with Gasteiger partial charge in [-0.3, -0.25) is 4.79 Å². The molecule has 156 valence electrons. The lowest BCUT2D eigenvalue weighted by atomic mass is 10.0. The molecule has 2 nitrogen and oxygen atoms in total. The summed E-state index contributed by atoms with van der Waals surface area (Å²) in [6.45, 7) is 7.48. The summed E-state index contributed by atoms with van der Waals surface area (Å²) in [5.41, 5.74) is 0. The van der Waals surface area contributed by atoms with Crippen LogP contribution in [0.3, 0.4) is 0 Å². The number of hydrogen-bond donors (Lipinski definition) is 0. The van der Waals surface area contributed by atoms with Gasteiger partial charge in [0.1, 0.15) is 0 Å². The molecular formula is C24H48O2. The van der Waals surface area contributed by atoms with Crippen molar-refractivity contribution in [3.05, 3.63) is 0 Å². The van der Waals surface area contributed by atoms with Crippen LogP contribution in [0.4, 0.5) is 0 Å². The molecule has 0 aromatic carbocycles. The average molecular weight is 369 g/mol. The van der Waals surface area contributed by atoms with Crippen LogP contribution in [-0.2, 0) is 9.53 Å². The van der Waals surface area contributed by atoms with Crippen LogP contribution in [0.2, 0.25) is 0 Å². The van der Waals surface area contributed by atoms with Crippen molar-refractivity contribution in [2.45, 2.75) is 136 Å². The van der Waals surface area contributed by atoms with Gasteiger partial charge in [-0.2, -0.15) is 0 Å². The number of carbonyl (C=O) groups is 1. The fraction of sp³-hybridized carbons (Fsp3) is 0.958. The van der Waals surface area contributed by atoms with E-state index in [1.807, 2.05) is 0 Å². The molecule has 0 aliphatic carbocycles. The molecule has 0 heterocycles. The Bertz CT molecular complexity index is 286. The molecule has 0 aromatic rings. The van der Waals surface area contributed by atoms with Gasteiger partial charge in [0.2, 0.25) is 0 Å². The van der Waals surface area contributed by atoms with E-state index >= 15 is 0 Å². The quantitative estimate of drug-likeness (QED) is 0.160. The monoisotopic (exact) mass is 368 g/mol. The van der Waals surface area contributed by atoms with Gasteiger partial charge < -0.3 is 4.74 Å². The van der Waals surface area contributed by atoms with E-state index < -0.39 is 0 Å². The summed E-state index contributed by atoms with van der Waals surface area (Å²) in [4.78, 5) is 11.7. The molecule has 0 atom stereocenters. The van der Waals surface area contributed by atoms with Crippen molar-refractivity contribution in [3.8, 4) is 0 Å². The zero-order chi connectivity index (χ0) is 19.3. The summed E-state index contributed by atoms with van der Waals surface area (Å²) in [6, 6.07) is 0. The van der Waals surface area contributed by atoms with Gasteiger partial charge in [0.25, 0.3) is 0 Å². The van der Waals surface area contributed by atoms with Crippen molar-refractivity contribution in [2.75, 3.05) is 6.61 Å². The van der Waals surface area contributed by atoms with Gasteiger partial charge in [0.05, 0.1) is 6.61 Å². The van der Waals surface area contributed by atoms with Crippen LogP contribution in [0.25, 0.3) is 0 Å². The topological polar surface area (TPSA) is 26.3 Å². The Morgan fingerprint density at radius 3 is 1.65 bits per heavy atom. The van der Waals surface area contributed by atoms with Gasteiger partial charge in [-0.05, 0) is 18.8 Å². The second kappa shape index (κ2) is 20.8. The van der Waals surface area contributed by atoms with Gasteiger partial charge in [0, 0.05) is 6.42 Å². The summed E-state index contributed by atoms with van der Waals surface area (Å²) in [6.07, 6.45) is 22.6. The fourth-order valence-electron chi connectivity index (χ4n) is 3.38. The Balaban J connectivity index is 3.16. The van der Waals surface area contributed by atoms with Crippen LogP contribution < -0.4 is 0 Å². The third kappa shape index (κ3) is 21.5. The highest BCUT2D eigenvalue weighted by molar-refractivity contribution is 5.69. The molecule has 0 bridgehead atoms. The van der Waals surface area contributed by atoms with Crippen LogP contribution in [0, 0.1) is 5.92 Å². The van der Waals surface area contributed by atoms with Crippen LogP contribution in [0.15, 0.2) is 0 Å². The van der Waals surface area contributed by atoms with E-state index in [2.05, 4.69) is 20.8 Å². The Hall–Kier alpha value is -0.530. The second-order valence-electron chi connectivity index (χ2n) is 8.46. The molecule has 0 aliphatic heterocycles. The first kappa shape index (κ1) is 25.5. The molecule has 0 aliphatic rings. The third-order valence-corrected chi connectivity index (χ3v) is 5.17. The maximum absolute atomic E-state index is 11.7. The Morgan fingerprint density at radius 2 is 1.12 bits per heavy atom. The summed E-state index contributed by atoms with van der Waals surface area (Å²) in [7, 11) is 0. The normalized spacial score (nSPS) is 11.2. The van der Waals surface area contributed by atoms with E-state index in [0.29, 0.717) is 13.0 Å². The maximum atomic E-state index is 11.7. The van der Waals surface area contributed by atoms with Gasteiger partial charge in [-0.25, -0.2) is 0 Å². The van der Waals surface area contributed by atoms with Gasteiger partial charge in [0.15, 0.2) is 0 Å². The highest BCUT2D eigenvalue weighted by Crippen LogP contribution is 2.13. The number of esters is 1. The van der Waals surface area contributed by atoms with Crippen molar-refractivity contribution in [2.24, 2.45) is 5.92 Å². The molecule has 0 rings (SSSR count). The Kier molecular flexibility index (Phi) is 20.4. The minimum Gasteiger partial charge on any atom is -0.466 e. The molecule has 26 heavy (non-hydrogen) atoms. The summed E-state index contributed by atoms with van der Waals surface area (Å²) >= 11 is 0. The van der Waals surface area contributed by atoms with E-state index in [9.17, 15) is 4.79 Å². The van der Waals surface area contributed by atoms with E-state index in [4.69, 9.17) is 4.74 Å². The number of hydrogen-bond acceptors (Lipinski definition) is 2. The summed E-state index contributed by atoms with van der Waals surface area (Å²) < 4.78 is 5.34. The minimum atomic E-state index is 0.0153. The van der Waals surface area contributed by atoms with E-state index in [1.54, 1.807) is 0 Å². The predicted octanol–water partition coefficient (Wildman–Crippen LogP) is 8.23. The molecule has 0 N–H and O–H groups in total. The molecule has 0 aromatic heterocycles. The number of ether oxygens (including phenoxy) is 1. The van der Waals surface area contributed by atoms with Crippen molar-refractivity contribution < 1.29 is 9.53 Å². The summed E-state index contributed by atoms with van der Waals surface area (Å²) in [5.74, 6) is 0.853. The largest absolute Gasteiger partial charge is 0.466 e. The number of unbranched alkanes of at least 4 members (excludes halogenated alkanes) is 14. The number of rotatable bonds is 20. The van der Waals surface area contributed by atoms with E-state index in [0.717, 1.165) is 18.8 Å². The predicted molar refractivity (Wildman–Crippen MR) is 115 cm³/mol. The van der Waals surface area contributed by atoms with E-state index in [-0.39, 0.29) is 5.97 Å². The lowest BCUT2D eigenvalue weighted by Crippen LogP contribution is -2.05. The van der Waals surface area contributed by atoms with Crippen LogP contribution >= 0.6 is 0 Å². The molecule has 0 amide bonds. The molecule has 0 saturated heterocycles. The number of carbonyl (C=O) groups excluding carboxylic acids is 1. The van der Waals surface area contributed by atoms with Crippen molar-refractivity contribution in [1.82, 2.24) is 0 Å². The van der Waals surface area contributed by atoms with Gasteiger partial charge in [-0.15, -0.1) is 0 Å². The Morgan fingerprint density at radius 1 is 0.654 bits per heavy atom. The molecular weight excluding hydrogens is 320 g/mol. The molecule has 0 fully saturated rings. The molecule has 2 heteroatoms. The zero-order valence-electron chi connectivity index (χ0n) is 18.3. The third-order valence-electron chi connectivity index (χ3n) is 5.17. The lowest BCUT2D eigenvalue weighted by Gasteiger charge is -2.06. The second-order valence-corrected chi connectivity index (χ2v) is 8.46. The average Bonchev–Trinajstić information content (AvgIpc) is 2.61. The highest BCUT2D eigenvalue weighted by atomic mass is 16.5. The zero-order valence-corrected chi connectivity index (χ0v) is 18.3. The maximum Gasteiger partial charge on any atom is 0.305 e. The first-order valence-electron chi connectivity index (χ1n) is 11.8. The summed E-state index contributed by atoms with van der Waals surface area (Å²) in [5, 5.41) is 0. The lowest BCUT2D eigenvalue weighted by molar-refractivity contribution is -0.143. The van der Waals surface area contributed by atoms with Crippen molar-refractivity contribution in [3.63, 3.8) is 0 Å². The standard InChI is InChI=1S/C24H48O2/c1-4-5-6-7-8-9-10-11-15-18-21-24(25)26-22-19-16-13-12-14-17-20-23(2)3/h23H,4-22H2,1-3H3.